The van der Waals surface area contributed by atoms with Gasteiger partial charge in [0.1, 0.15) is 0 Å². The van der Waals surface area contributed by atoms with Gasteiger partial charge in [-0.25, -0.2) is 0 Å². The molecule has 0 aromatic rings. The topological polar surface area (TPSA) is 40.5 Å². The maximum atomic E-state index is 9.12. The van der Waals surface area contributed by atoms with E-state index in [0.29, 0.717) is 19.6 Å². The molecule has 0 saturated heterocycles. The molecule has 0 fully saturated rings. The van der Waals surface area contributed by atoms with Crippen molar-refractivity contribution in [3.8, 4) is 0 Å². The third kappa shape index (κ3) is 4.88. The van der Waals surface area contributed by atoms with E-state index in [1.807, 2.05) is 0 Å². The SMILES string of the molecule is C[Se]SC[C@@H](O)[C@H](O)C[S-]. The molecule has 2 atom stereocenters. The van der Waals surface area contributed by atoms with Gasteiger partial charge in [0.15, 0.2) is 0 Å². The summed E-state index contributed by atoms with van der Waals surface area (Å²) in [6, 6.07) is 0. The van der Waals surface area contributed by atoms with Crippen LogP contribution in [0, 0.1) is 0 Å². The van der Waals surface area contributed by atoms with Gasteiger partial charge in [-0.15, -0.1) is 0 Å². The van der Waals surface area contributed by atoms with Crippen molar-refractivity contribution in [2.24, 2.45) is 0 Å². The Balaban J connectivity index is 3.31. The molecule has 0 heterocycles. The summed E-state index contributed by atoms with van der Waals surface area (Å²) in [5.74, 6) is 2.90. The van der Waals surface area contributed by atoms with Crippen LogP contribution in [0.15, 0.2) is 0 Å². The predicted octanol–water partition coefficient (Wildman–Crippen LogP) is -0.344. The van der Waals surface area contributed by atoms with Crippen molar-refractivity contribution < 1.29 is 10.2 Å². The quantitative estimate of drug-likeness (QED) is 0.514. The first kappa shape index (κ1) is 11.1. The second kappa shape index (κ2) is 6.83. The molecule has 0 rings (SSSR count). The van der Waals surface area contributed by atoms with Gasteiger partial charge >= 0.3 is 76.4 Å². The first-order valence-electron chi connectivity index (χ1n) is 2.82. The zero-order chi connectivity index (χ0) is 7.98. The Labute approximate surface area is 76.4 Å². The molecule has 0 aliphatic rings. The number of hydrogen-bond donors (Lipinski definition) is 2. The van der Waals surface area contributed by atoms with Gasteiger partial charge in [-0.3, -0.25) is 0 Å². The van der Waals surface area contributed by atoms with Gasteiger partial charge in [-0.2, -0.15) is 0 Å². The Kier molecular flexibility index (Phi) is 7.60. The summed E-state index contributed by atoms with van der Waals surface area (Å²) in [7, 11) is 1.67. The molecular weight excluding hydrogens is 235 g/mol. The van der Waals surface area contributed by atoms with E-state index in [1.165, 1.54) is 0 Å². The zero-order valence-corrected chi connectivity index (χ0v) is 9.03. The Hall–Kier alpha value is 1.14. The summed E-state index contributed by atoms with van der Waals surface area (Å²) in [5, 5.41) is 18.1. The van der Waals surface area contributed by atoms with Crippen LogP contribution in [0.2, 0.25) is 5.82 Å². The van der Waals surface area contributed by atoms with Crippen LogP contribution in [0.3, 0.4) is 0 Å². The second-order valence-electron chi connectivity index (χ2n) is 1.75. The molecule has 0 unspecified atom stereocenters. The molecule has 0 radical (unpaired) electrons. The van der Waals surface area contributed by atoms with E-state index < -0.39 is 12.2 Å². The normalized spacial score (nSPS) is 16.8. The fraction of sp³-hybridized carbons (Fsp3) is 1.00. The summed E-state index contributed by atoms with van der Waals surface area (Å²) >= 11 is 5.09. The van der Waals surface area contributed by atoms with Gasteiger partial charge in [0, 0.05) is 0 Å². The standard InChI is InChI=1S/C5H12O2S2Se/c1-10-9-3-5(7)4(6)2-8/h4-8H,2-3H2,1H3/p-1/t4-,5-/m1/s1. The third-order valence-corrected chi connectivity index (χ3v) is 4.37. The van der Waals surface area contributed by atoms with Crippen molar-refractivity contribution in [1.82, 2.24) is 0 Å². The maximum absolute atomic E-state index is 9.12. The van der Waals surface area contributed by atoms with Crippen molar-refractivity contribution in [3.63, 3.8) is 0 Å². The molecule has 0 saturated carbocycles. The minimum absolute atomic E-state index is 0.221. The van der Waals surface area contributed by atoms with E-state index in [9.17, 15) is 0 Å². The fourth-order valence-electron chi connectivity index (χ4n) is 0.360. The summed E-state index contributed by atoms with van der Waals surface area (Å²) in [5.41, 5.74) is 0. The average Bonchev–Trinajstić information content (AvgIpc) is 1.98. The molecule has 0 spiro atoms. The zero-order valence-electron chi connectivity index (χ0n) is 5.69. The van der Waals surface area contributed by atoms with E-state index in [1.54, 1.807) is 10.2 Å². The number of aliphatic hydroxyl groups excluding tert-OH is 2. The molecule has 5 heteroatoms. The second-order valence-corrected chi connectivity index (χ2v) is 6.57. The van der Waals surface area contributed by atoms with Gasteiger partial charge in [0.25, 0.3) is 0 Å². The summed E-state index contributed by atoms with van der Waals surface area (Å²) in [6.07, 6.45) is -1.35. The number of aliphatic hydroxyl groups is 2. The van der Waals surface area contributed by atoms with E-state index in [2.05, 4.69) is 18.5 Å². The van der Waals surface area contributed by atoms with Crippen molar-refractivity contribution in [1.29, 1.82) is 0 Å². The van der Waals surface area contributed by atoms with Crippen LogP contribution < -0.4 is 0 Å². The fourth-order valence-corrected chi connectivity index (χ4v) is 2.81. The van der Waals surface area contributed by atoms with Crippen molar-refractivity contribution >= 4 is 36.6 Å². The summed E-state index contributed by atoms with van der Waals surface area (Å²) < 4.78 is 0. The van der Waals surface area contributed by atoms with E-state index in [-0.39, 0.29) is 5.75 Å². The van der Waals surface area contributed by atoms with Crippen molar-refractivity contribution in [2.45, 2.75) is 18.0 Å². The van der Waals surface area contributed by atoms with Crippen LogP contribution in [0.25, 0.3) is 0 Å². The van der Waals surface area contributed by atoms with Gasteiger partial charge in [0.2, 0.25) is 0 Å². The predicted molar refractivity (Wildman–Crippen MR) is 48.3 cm³/mol. The Morgan fingerprint density at radius 3 is 2.50 bits per heavy atom. The minimum atomic E-state index is -0.718. The first-order chi connectivity index (χ1) is 4.72. The van der Waals surface area contributed by atoms with Crippen LogP contribution in [0.4, 0.5) is 0 Å². The van der Waals surface area contributed by atoms with Crippen LogP contribution in [-0.2, 0) is 12.6 Å². The molecule has 0 aliphatic carbocycles. The summed E-state index contributed by atoms with van der Waals surface area (Å²) in [4.78, 5) is 0. The van der Waals surface area contributed by atoms with Crippen LogP contribution in [-0.4, -0.2) is 47.8 Å². The number of hydrogen-bond acceptors (Lipinski definition) is 4. The van der Waals surface area contributed by atoms with E-state index in [4.69, 9.17) is 10.2 Å². The van der Waals surface area contributed by atoms with Gasteiger partial charge < -0.3 is 0 Å². The van der Waals surface area contributed by atoms with Crippen molar-refractivity contribution in [3.05, 3.63) is 0 Å². The summed E-state index contributed by atoms with van der Waals surface area (Å²) in [6.45, 7) is 0. The van der Waals surface area contributed by atoms with Crippen LogP contribution in [0.5, 0.6) is 0 Å². The van der Waals surface area contributed by atoms with Gasteiger partial charge in [-0.1, -0.05) is 0 Å². The van der Waals surface area contributed by atoms with Crippen LogP contribution >= 0.6 is 10.2 Å². The molecule has 10 heavy (non-hydrogen) atoms. The Morgan fingerprint density at radius 2 is 2.10 bits per heavy atom. The monoisotopic (exact) mass is 247 g/mol. The molecule has 0 bridgehead atoms. The van der Waals surface area contributed by atoms with Gasteiger partial charge in [-0.05, 0) is 0 Å². The number of rotatable bonds is 5. The molecular formula is C5H11O2S2Se-. The van der Waals surface area contributed by atoms with Crippen molar-refractivity contribution in [2.75, 3.05) is 11.5 Å². The average molecular weight is 246 g/mol. The Morgan fingerprint density at radius 1 is 1.50 bits per heavy atom. The Bertz CT molecular complexity index is 84.0. The van der Waals surface area contributed by atoms with Crippen LogP contribution in [0.1, 0.15) is 0 Å². The van der Waals surface area contributed by atoms with E-state index >= 15 is 0 Å². The molecule has 0 aliphatic heterocycles. The van der Waals surface area contributed by atoms with Gasteiger partial charge in [0.05, 0.1) is 0 Å². The molecule has 0 aromatic heterocycles. The van der Waals surface area contributed by atoms with E-state index in [0.717, 1.165) is 0 Å². The molecule has 2 N–H and O–H groups in total. The molecule has 62 valence electrons. The molecule has 2 nitrogen and oxygen atoms in total. The first-order valence-corrected chi connectivity index (χ1v) is 8.12. The third-order valence-electron chi connectivity index (χ3n) is 0.972. The molecule has 0 amide bonds. The molecule has 0 aromatic carbocycles.